The molecule has 2 rings (SSSR count). The maximum Gasteiger partial charge on any atom is 0.259 e. The fourth-order valence-corrected chi connectivity index (χ4v) is 1.65. The smallest absolute Gasteiger partial charge is 0.259 e. The van der Waals surface area contributed by atoms with Gasteiger partial charge in [-0.25, -0.2) is 13.2 Å². The van der Waals surface area contributed by atoms with Crippen molar-refractivity contribution >= 4 is 6.08 Å². The van der Waals surface area contributed by atoms with E-state index in [0.29, 0.717) is 5.56 Å². The predicted molar refractivity (Wildman–Crippen MR) is 56.5 cm³/mol. The van der Waals surface area contributed by atoms with Crippen LogP contribution in [0.4, 0.5) is 13.2 Å². The van der Waals surface area contributed by atoms with Crippen molar-refractivity contribution in [2.24, 2.45) is 11.1 Å². The first-order chi connectivity index (χ1) is 7.49. The van der Waals surface area contributed by atoms with Crippen LogP contribution in [0.5, 0.6) is 0 Å². The molecule has 4 heteroatoms. The van der Waals surface area contributed by atoms with E-state index in [9.17, 15) is 13.2 Å². The average molecular weight is 227 g/mol. The lowest BCUT2D eigenvalue weighted by Gasteiger charge is -2.07. The number of halogens is 3. The summed E-state index contributed by atoms with van der Waals surface area (Å²) in [6.45, 7) is -0.0717. The van der Waals surface area contributed by atoms with E-state index in [0.717, 1.165) is 0 Å². The molecule has 2 N–H and O–H groups in total. The van der Waals surface area contributed by atoms with Gasteiger partial charge >= 0.3 is 0 Å². The van der Waals surface area contributed by atoms with Crippen LogP contribution < -0.4 is 5.73 Å². The minimum Gasteiger partial charge on any atom is -0.329 e. The molecule has 0 aromatic heterocycles. The third-order valence-corrected chi connectivity index (χ3v) is 2.97. The monoisotopic (exact) mass is 227 g/mol. The van der Waals surface area contributed by atoms with Crippen molar-refractivity contribution in [1.82, 2.24) is 0 Å². The third kappa shape index (κ3) is 1.85. The molecule has 1 fully saturated rings. The molecular formula is C12H12F3N. The average Bonchev–Trinajstić information content (AvgIpc) is 2.81. The Morgan fingerprint density at radius 1 is 1.25 bits per heavy atom. The lowest BCUT2D eigenvalue weighted by molar-refractivity contribution is 0.0819. The van der Waals surface area contributed by atoms with Crippen LogP contribution in [0, 0.1) is 11.2 Å². The van der Waals surface area contributed by atoms with Gasteiger partial charge in [0.25, 0.3) is 5.92 Å². The molecule has 1 aliphatic rings. The number of rotatable bonds is 3. The summed E-state index contributed by atoms with van der Waals surface area (Å²) in [5.41, 5.74) is 4.84. The van der Waals surface area contributed by atoms with Gasteiger partial charge in [-0.1, -0.05) is 24.3 Å². The van der Waals surface area contributed by atoms with E-state index in [-0.39, 0.29) is 18.8 Å². The fraction of sp³-hybridized carbons (Fsp3) is 0.333. The van der Waals surface area contributed by atoms with E-state index >= 15 is 0 Å². The van der Waals surface area contributed by atoms with Gasteiger partial charge in [0.05, 0.1) is 5.41 Å². The highest BCUT2D eigenvalue weighted by Crippen LogP contribution is 2.60. The second kappa shape index (κ2) is 3.63. The zero-order valence-corrected chi connectivity index (χ0v) is 8.59. The molecule has 1 atom stereocenters. The van der Waals surface area contributed by atoms with Crippen molar-refractivity contribution in [3.63, 3.8) is 0 Å². The minimum absolute atomic E-state index is 0.0717. The first kappa shape index (κ1) is 11.2. The molecule has 0 radical (unpaired) electrons. The Kier molecular flexibility index (Phi) is 2.54. The molecule has 1 nitrogen and oxygen atoms in total. The summed E-state index contributed by atoms with van der Waals surface area (Å²) >= 11 is 0. The number of hydrogen-bond acceptors (Lipinski definition) is 1. The van der Waals surface area contributed by atoms with Gasteiger partial charge in [-0.05, 0) is 17.7 Å². The number of benzene rings is 1. The van der Waals surface area contributed by atoms with Crippen molar-refractivity contribution < 1.29 is 13.2 Å². The van der Waals surface area contributed by atoms with Gasteiger partial charge in [0, 0.05) is 13.0 Å². The van der Waals surface area contributed by atoms with Crippen LogP contribution in [-0.4, -0.2) is 12.5 Å². The number of alkyl halides is 2. The van der Waals surface area contributed by atoms with Crippen LogP contribution in [0.15, 0.2) is 30.3 Å². The molecule has 0 bridgehead atoms. The maximum absolute atomic E-state index is 13.0. The number of nitrogens with two attached hydrogens (primary N) is 1. The van der Waals surface area contributed by atoms with E-state index in [2.05, 4.69) is 0 Å². The molecule has 16 heavy (non-hydrogen) atoms. The van der Waals surface area contributed by atoms with Crippen LogP contribution in [0.25, 0.3) is 6.08 Å². The summed E-state index contributed by atoms with van der Waals surface area (Å²) in [7, 11) is 0. The molecule has 0 spiro atoms. The quantitative estimate of drug-likeness (QED) is 0.844. The standard InChI is InChI=1S/C12H12F3N/c13-10-3-1-9(2-4-10)5-6-11(8-16)7-12(11,14)15/h1-6H,7-8,16H2/b6-5+. The summed E-state index contributed by atoms with van der Waals surface area (Å²) in [4.78, 5) is 0. The first-order valence-electron chi connectivity index (χ1n) is 5.02. The number of hydrogen-bond donors (Lipinski definition) is 1. The molecule has 0 heterocycles. The molecule has 1 aliphatic carbocycles. The van der Waals surface area contributed by atoms with E-state index in [1.54, 1.807) is 6.08 Å². The molecule has 0 amide bonds. The Labute approximate surface area is 91.8 Å². The molecule has 1 saturated carbocycles. The van der Waals surface area contributed by atoms with E-state index in [1.165, 1.54) is 30.3 Å². The summed E-state index contributed by atoms with van der Waals surface area (Å²) in [5, 5.41) is 0. The van der Waals surface area contributed by atoms with Gasteiger partial charge < -0.3 is 5.73 Å². The SMILES string of the molecule is NCC1(/C=C/c2ccc(F)cc2)CC1(F)F. The maximum atomic E-state index is 13.0. The van der Waals surface area contributed by atoms with E-state index in [1.807, 2.05) is 0 Å². The summed E-state index contributed by atoms with van der Waals surface area (Å²) < 4.78 is 38.7. The van der Waals surface area contributed by atoms with Crippen molar-refractivity contribution in [2.75, 3.05) is 6.54 Å². The van der Waals surface area contributed by atoms with Crippen molar-refractivity contribution in [1.29, 1.82) is 0 Å². The Morgan fingerprint density at radius 2 is 1.81 bits per heavy atom. The van der Waals surface area contributed by atoms with Gasteiger partial charge in [-0.3, -0.25) is 0 Å². The van der Waals surface area contributed by atoms with Gasteiger partial charge in [0.1, 0.15) is 5.82 Å². The van der Waals surface area contributed by atoms with E-state index < -0.39 is 11.3 Å². The Hall–Kier alpha value is -1.29. The van der Waals surface area contributed by atoms with E-state index in [4.69, 9.17) is 5.73 Å². The highest BCUT2D eigenvalue weighted by molar-refractivity contribution is 5.51. The summed E-state index contributed by atoms with van der Waals surface area (Å²) in [6, 6.07) is 5.66. The topological polar surface area (TPSA) is 26.0 Å². The predicted octanol–water partition coefficient (Wildman–Crippen LogP) is 2.82. The molecule has 1 unspecified atom stereocenters. The van der Waals surface area contributed by atoms with Crippen LogP contribution in [0.2, 0.25) is 0 Å². The van der Waals surface area contributed by atoms with Gasteiger partial charge in [-0.2, -0.15) is 0 Å². The van der Waals surface area contributed by atoms with Crippen LogP contribution >= 0.6 is 0 Å². The normalized spacial score (nSPS) is 27.2. The molecular weight excluding hydrogens is 215 g/mol. The highest BCUT2D eigenvalue weighted by Gasteiger charge is 2.68. The Morgan fingerprint density at radius 3 is 2.25 bits per heavy atom. The summed E-state index contributed by atoms with van der Waals surface area (Å²) in [6.07, 6.45) is 2.79. The van der Waals surface area contributed by atoms with Crippen molar-refractivity contribution in [2.45, 2.75) is 12.3 Å². The Bertz CT molecular complexity index is 411. The zero-order valence-electron chi connectivity index (χ0n) is 8.59. The molecule has 1 aromatic rings. The highest BCUT2D eigenvalue weighted by atomic mass is 19.3. The second-order valence-electron chi connectivity index (χ2n) is 4.13. The molecule has 86 valence electrons. The lowest BCUT2D eigenvalue weighted by Crippen LogP contribution is -2.19. The molecule has 1 aromatic carbocycles. The fourth-order valence-electron chi connectivity index (χ4n) is 1.65. The largest absolute Gasteiger partial charge is 0.329 e. The lowest BCUT2D eigenvalue weighted by atomic mass is 10.0. The van der Waals surface area contributed by atoms with Crippen molar-refractivity contribution in [3.05, 3.63) is 41.7 Å². The molecule has 0 saturated heterocycles. The summed E-state index contributed by atoms with van der Waals surface area (Å²) in [5.74, 6) is -3.04. The van der Waals surface area contributed by atoms with Crippen LogP contribution in [0.1, 0.15) is 12.0 Å². The first-order valence-corrected chi connectivity index (χ1v) is 5.02. The second-order valence-corrected chi connectivity index (χ2v) is 4.13. The van der Waals surface area contributed by atoms with Gasteiger partial charge in [-0.15, -0.1) is 0 Å². The van der Waals surface area contributed by atoms with Crippen molar-refractivity contribution in [3.8, 4) is 0 Å². The van der Waals surface area contributed by atoms with Gasteiger partial charge in [0.2, 0.25) is 0 Å². The van der Waals surface area contributed by atoms with Crippen LogP contribution in [-0.2, 0) is 0 Å². The van der Waals surface area contributed by atoms with Crippen LogP contribution in [0.3, 0.4) is 0 Å². The third-order valence-electron chi connectivity index (χ3n) is 2.97. The Balaban J connectivity index is 2.13. The minimum atomic E-state index is -2.70. The van der Waals surface area contributed by atoms with Gasteiger partial charge in [0.15, 0.2) is 0 Å². The molecule has 0 aliphatic heterocycles. The zero-order chi connectivity index (χ0) is 11.8.